The Bertz CT molecular complexity index is 674. The number of thioether (sulfide) groups is 1. The Morgan fingerprint density at radius 1 is 1.00 bits per heavy atom. The Morgan fingerprint density at radius 2 is 1.67 bits per heavy atom. The third kappa shape index (κ3) is 5.72. The Kier molecular flexibility index (Phi) is 6.84. The Morgan fingerprint density at radius 3 is 2.29 bits per heavy atom. The molecule has 0 unspecified atom stereocenters. The van der Waals surface area contributed by atoms with E-state index in [0.29, 0.717) is 12.1 Å². The number of hydrogen-bond donors (Lipinski definition) is 2. The fourth-order valence-electron chi connectivity index (χ4n) is 2.17. The minimum Gasteiger partial charge on any atom is -0.293 e. The minimum absolute atomic E-state index is 0.194. The summed E-state index contributed by atoms with van der Waals surface area (Å²) < 4.78 is 0. The van der Waals surface area contributed by atoms with Crippen LogP contribution < -0.4 is 10.9 Å². The van der Waals surface area contributed by atoms with Gasteiger partial charge in [-0.05, 0) is 43.1 Å². The monoisotopic (exact) mass is 343 g/mol. The quantitative estimate of drug-likeness (QED) is 0.624. The smallest absolute Gasteiger partial charge is 0.269 e. The Hall–Kier alpha value is -2.31. The summed E-state index contributed by atoms with van der Waals surface area (Å²) in [6, 6.07) is 17.0. The van der Waals surface area contributed by atoms with Crippen molar-refractivity contribution in [2.24, 2.45) is 0 Å². The molecule has 5 nitrogen and oxygen atoms in total. The summed E-state index contributed by atoms with van der Waals surface area (Å²) in [5.74, 6) is -0.596. The first-order valence-electron chi connectivity index (χ1n) is 7.54. The highest BCUT2D eigenvalue weighted by atomic mass is 32.2. The number of carbonyl (C=O) groups is 2. The lowest BCUT2D eigenvalue weighted by molar-refractivity contribution is -0.122. The Balaban J connectivity index is 1.75. The minimum atomic E-state index is -0.334. The van der Waals surface area contributed by atoms with Crippen molar-refractivity contribution < 1.29 is 9.59 Å². The van der Waals surface area contributed by atoms with Crippen LogP contribution in [0, 0.1) is 0 Å². The van der Waals surface area contributed by atoms with E-state index < -0.39 is 0 Å². The normalized spacial score (nSPS) is 10.5. The molecule has 2 aromatic rings. The van der Waals surface area contributed by atoms with E-state index >= 15 is 0 Å². The Labute approximate surface area is 146 Å². The number of nitrogens with one attached hydrogen (secondary N) is 2. The summed E-state index contributed by atoms with van der Waals surface area (Å²) in [4.78, 5) is 26.9. The second kappa shape index (κ2) is 9.10. The highest BCUT2D eigenvalue weighted by Crippen LogP contribution is 2.15. The van der Waals surface area contributed by atoms with E-state index in [2.05, 4.69) is 35.1 Å². The molecule has 24 heavy (non-hydrogen) atoms. The van der Waals surface area contributed by atoms with Gasteiger partial charge in [0.05, 0.1) is 6.54 Å². The van der Waals surface area contributed by atoms with Gasteiger partial charge >= 0.3 is 0 Å². The van der Waals surface area contributed by atoms with Gasteiger partial charge in [-0.15, -0.1) is 11.8 Å². The number of carbonyl (C=O) groups excluding carboxylic acids is 2. The van der Waals surface area contributed by atoms with Gasteiger partial charge in [0.1, 0.15) is 0 Å². The summed E-state index contributed by atoms with van der Waals surface area (Å²) in [5, 5.41) is 0. The van der Waals surface area contributed by atoms with Gasteiger partial charge < -0.3 is 0 Å². The van der Waals surface area contributed by atoms with Crippen molar-refractivity contribution in [2.75, 3.05) is 19.8 Å². The van der Waals surface area contributed by atoms with Crippen LogP contribution in [0.25, 0.3) is 0 Å². The zero-order valence-corrected chi connectivity index (χ0v) is 14.6. The lowest BCUT2D eigenvalue weighted by Gasteiger charge is -2.16. The maximum absolute atomic E-state index is 11.9. The van der Waals surface area contributed by atoms with Gasteiger partial charge in [-0.2, -0.15) is 0 Å². The van der Waals surface area contributed by atoms with Crippen LogP contribution >= 0.6 is 11.8 Å². The summed E-state index contributed by atoms with van der Waals surface area (Å²) in [7, 11) is 1.86. The molecule has 0 heterocycles. The van der Waals surface area contributed by atoms with E-state index in [1.165, 1.54) is 4.90 Å². The molecule has 126 valence electrons. The first-order valence-corrected chi connectivity index (χ1v) is 8.76. The SMILES string of the molecule is CSc1ccc(CN(C)CC(=O)NNC(=O)c2ccccc2)cc1. The van der Waals surface area contributed by atoms with E-state index in [0.717, 1.165) is 5.56 Å². The van der Waals surface area contributed by atoms with Crippen LogP contribution in [0.2, 0.25) is 0 Å². The topological polar surface area (TPSA) is 61.4 Å². The van der Waals surface area contributed by atoms with Crippen molar-refractivity contribution in [3.05, 3.63) is 65.7 Å². The molecule has 2 amide bonds. The standard InChI is InChI=1S/C18H21N3O2S/c1-21(12-14-8-10-16(24-2)11-9-14)13-17(22)19-20-18(23)15-6-4-3-5-7-15/h3-11H,12-13H2,1-2H3,(H,19,22)(H,20,23). The molecular weight excluding hydrogens is 322 g/mol. The average molecular weight is 343 g/mol. The molecule has 0 aromatic heterocycles. The van der Waals surface area contributed by atoms with Crippen molar-refractivity contribution in [2.45, 2.75) is 11.4 Å². The highest BCUT2D eigenvalue weighted by molar-refractivity contribution is 7.98. The van der Waals surface area contributed by atoms with Crippen LogP contribution in [0.15, 0.2) is 59.5 Å². The molecule has 0 spiro atoms. The van der Waals surface area contributed by atoms with Crippen LogP contribution in [-0.2, 0) is 11.3 Å². The zero-order valence-electron chi connectivity index (χ0n) is 13.8. The molecule has 0 aliphatic rings. The van der Waals surface area contributed by atoms with E-state index in [1.54, 1.807) is 36.0 Å². The lowest BCUT2D eigenvalue weighted by Crippen LogP contribution is -2.45. The number of hydrogen-bond acceptors (Lipinski definition) is 4. The largest absolute Gasteiger partial charge is 0.293 e. The fourth-order valence-corrected chi connectivity index (χ4v) is 2.58. The number of benzene rings is 2. The number of rotatable bonds is 6. The van der Waals surface area contributed by atoms with Crippen molar-refractivity contribution in [3.63, 3.8) is 0 Å². The van der Waals surface area contributed by atoms with E-state index in [4.69, 9.17) is 0 Å². The van der Waals surface area contributed by atoms with Crippen molar-refractivity contribution in [1.29, 1.82) is 0 Å². The van der Waals surface area contributed by atoms with Crippen molar-refractivity contribution in [3.8, 4) is 0 Å². The molecular formula is C18H21N3O2S. The van der Waals surface area contributed by atoms with Gasteiger partial charge in [-0.3, -0.25) is 25.3 Å². The number of amides is 2. The predicted molar refractivity (Wildman–Crippen MR) is 96.6 cm³/mol. The van der Waals surface area contributed by atoms with Crippen LogP contribution in [-0.4, -0.2) is 36.6 Å². The van der Waals surface area contributed by atoms with Gasteiger partial charge in [-0.25, -0.2) is 0 Å². The van der Waals surface area contributed by atoms with Gasteiger partial charge in [0.2, 0.25) is 0 Å². The molecule has 0 saturated carbocycles. The summed E-state index contributed by atoms with van der Waals surface area (Å²) >= 11 is 1.70. The van der Waals surface area contributed by atoms with Crippen LogP contribution in [0.5, 0.6) is 0 Å². The van der Waals surface area contributed by atoms with Crippen LogP contribution in [0.1, 0.15) is 15.9 Å². The molecule has 6 heteroatoms. The second-order valence-electron chi connectivity index (χ2n) is 5.39. The molecule has 0 aliphatic carbocycles. The molecule has 2 rings (SSSR count). The number of hydrazine groups is 1. The zero-order chi connectivity index (χ0) is 17.4. The molecule has 0 bridgehead atoms. The first-order chi connectivity index (χ1) is 11.6. The molecule has 0 radical (unpaired) electrons. The lowest BCUT2D eigenvalue weighted by atomic mass is 10.2. The van der Waals surface area contributed by atoms with Gasteiger partial charge in [0, 0.05) is 17.0 Å². The van der Waals surface area contributed by atoms with E-state index in [9.17, 15) is 9.59 Å². The summed E-state index contributed by atoms with van der Waals surface area (Å²) in [5.41, 5.74) is 6.48. The molecule has 0 fully saturated rings. The van der Waals surface area contributed by atoms with Gasteiger partial charge in [-0.1, -0.05) is 30.3 Å². The predicted octanol–water partition coefficient (Wildman–Crippen LogP) is 2.30. The maximum atomic E-state index is 11.9. The molecule has 2 aromatic carbocycles. The average Bonchev–Trinajstić information content (AvgIpc) is 2.61. The third-order valence-corrected chi connectivity index (χ3v) is 4.12. The van der Waals surface area contributed by atoms with Crippen molar-refractivity contribution in [1.82, 2.24) is 15.8 Å². The molecule has 2 N–H and O–H groups in total. The van der Waals surface area contributed by atoms with Gasteiger partial charge in [0.15, 0.2) is 0 Å². The maximum Gasteiger partial charge on any atom is 0.269 e. The number of nitrogens with zero attached hydrogens (tertiary/aromatic N) is 1. The van der Waals surface area contributed by atoms with E-state index in [1.807, 2.05) is 24.3 Å². The fraction of sp³-hybridized carbons (Fsp3) is 0.222. The van der Waals surface area contributed by atoms with Crippen LogP contribution in [0.3, 0.4) is 0 Å². The van der Waals surface area contributed by atoms with Crippen LogP contribution in [0.4, 0.5) is 0 Å². The van der Waals surface area contributed by atoms with Crippen molar-refractivity contribution >= 4 is 23.6 Å². The summed E-state index contributed by atoms with van der Waals surface area (Å²) in [6.07, 6.45) is 2.04. The van der Waals surface area contributed by atoms with E-state index in [-0.39, 0.29) is 18.4 Å². The first kappa shape index (κ1) is 18.0. The molecule has 0 aliphatic heterocycles. The summed E-state index contributed by atoms with van der Waals surface area (Å²) in [6.45, 7) is 0.855. The molecule has 0 saturated heterocycles. The van der Waals surface area contributed by atoms with Gasteiger partial charge in [0.25, 0.3) is 11.8 Å². The highest BCUT2D eigenvalue weighted by Gasteiger charge is 2.09. The number of likely N-dealkylation sites (N-methyl/N-ethyl adjacent to an activating group) is 1. The molecule has 0 atom stereocenters. The second-order valence-corrected chi connectivity index (χ2v) is 6.27. The third-order valence-electron chi connectivity index (χ3n) is 3.38.